The molecule has 110 valence electrons. The predicted molar refractivity (Wildman–Crippen MR) is 76.5 cm³/mol. The summed E-state index contributed by atoms with van der Waals surface area (Å²) in [6.45, 7) is 2.63. The van der Waals surface area contributed by atoms with Gasteiger partial charge in [0.1, 0.15) is 6.10 Å². The lowest BCUT2D eigenvalue weighted by Gasteiger charge is -2.20. The number of benzene rings is 1. The summed E-state index contributed by atoms with van der Waals surface area (Å²) in [6.07, 6.45) is -0.780. The molecule has 3 atom stereocenters. The van der Waals surface area contributed by atoms with E-state index in [4.69, 9.17) is 21.4 Å². The van der Waals surface area contributed by atoms with Gasteiger partial charge in [0.25, 0.3) is 0 Å². The standard InChI is InChI=1S/C14H18ClNO4/c1-8(14(18)19)9-3-4-11(10(15)5-9)16-6-12(17)13(7-16)20-2/h3-5,8,12-13,17H,6-7H2,1-2H3,(H,18,19). The Hall–Kier alpha value is -1.30. The molecule has 0 saturated carbocycles. The molecule has 1 saturated heterocycles. The number of methoxy groups -OCH3 is 1. The number of nitrogens with zero attached hydrogens (tertiary/aromatic N) is 1. The maximum atomic E-state index is 11.0. The van der Waals surface area contributed by atoms with Crippen LogP contribution in [0.2, 0.25) is 5.02 Å². The summed E-state index contributed by atoms with van der Waals surface area (Å²) in [5, 5.41) is 19.3. The third-order valence-corrected chi connectivity index (χ3v) is 4.03. The van der Waals surface area contributed by atoms with E-state index in [0.29, 0.717) is 23.7 Å². The van der Waals surface area contributed by atoms with Crippen LogP contribution in [0.3, 0.4) is 0 Å². The van der Waals surface area contributed by atoms with Crippen molar-refractivity contribution in [3.63, 3.8) is 0 Å². The van der Waals surface area contributed by atoms with Crippen molar-refractivity contribution >= 4 is 23.3 Å². The number of ether oxygens (including phenoxy) is 1. The van der Waals surface area contributed by atoms with Gasteiger partial charge in [-0.3, -0.25) is 4.79 Å². The highest BCUT2D eigenvalue weighted by atomic mass is 35.5. The van der Waals surface area contributed by atoms with E-state index in [1.54, 1.807) is 32.2 Å². The average Bonchev–Trinajstić information content (AvgIpc) is 2.78. The highest BCUT2D eigenvalue weighted by molar-refractivity contribution is 6.33. The number of carboxylic acid groups (broad SMARTS) is 1. The predicted octanol–water partition coefficient (Wildman–Crippen LogP) is 1.72. The van der Waals surface area contributed by atoms with E-state index in [9.17, 15) is 9.90 Å². The summed E-state index contributed by atoms with van der Waals surface area (Å²) < 4.78 is 5.20. The van der Waals surface area contributed by atoms with E-state index in [0.717, 1.165) is 5.69 Å². The summed E-state index contributed by atoms with van der Waals surface area (Å²) in [5.74, 6) is -1.48. The molecular formula is C14H18ClNO4. The molecule has 1 aromatic rings. The zero-order chi connectivity index (χ0) is 14.9. The first-order valence-corrected chi connectivity index (χ1v) is 6.80. The molecule has 1 aromatic carbocycles. The van der Waals surface area contributed by atoms with Gasteiger partial charge in [0.05, 0.1) is 22.7 Å². The molecule has 0 bridgehead atoms. The molecule has 0 amide bonds. The first-order chi connectivity index (χ1) is 9.43. The lowest BCUT2D eigenvalue weighted by molar-refractivity contribution is -0.138. The number of hydrogen-bond donors (Lipinski definition) is 2. The maximum absolute atomic E-state index is 11.0. The van der Waals surface area contributed by atoms with Crippen LogP contribution in [-0.2, 0) is 9.53 Å². The second-order valence-corrected chi connectivity index (χ2v) is 5.42. The highest BCUT2D eigenvalue weighted by Gasteiger charge is 2.32. The van der Waals surface area contributed by atoms with Crippen LogP contribution >= 0.6 is 11.6 Å². The van der Waals surface area contributed by atoms with Crippen molar-refractivity contribution in [2.75, 3.05) is 25.1 Å². The number of aliphatic carboxylic acids is 1. The van der Waals surface area contributed by atoms with Crippen LogP contribution in [0.25, 0.3) is 0 Å². The molecule has 1 aliphatic rings. The molecule has 0 radical (unpaired) electrons. The normalized spacial score (nSPS) is 23.9. The molecule has 2 N–H and O–H groups in total. The maximum Gasteiger partial charge on any atom is 0.310 e. The van der Waals surface area contributed by atoms with Crippen molar-refractivity contribution in [1.82, 2.24) is 0 Å². The number of anilines is 1. The van der Waals surface area contributed by atoms with Gasteiger partial charge in [0, 0.05) is 20.2 Å². The van der Waals surface area contributed by atoms with Gasteiger partial charge in [-0.15, -0.1) is 0 Å². The third-order valence-electron chi connectivity index (χ3n) is 3.72. The Morgan fingerprint density at radius 1 is 1.50 bits per heavy atom. The summed E-state index contributed by atoms with van der Waals surface area (Å²) in [6, 6.07) is 5.22. The molecule has 20 heavy (non-hydrogen) atoms. The number of carbonyl (C=O) groups is 1. The van der Waals surface area contributed by atoms with Crippen molar-refractivity contribution in [2.45, 2.75) is 25.0 Å². The molecule has 0 aromatic heterocycles. The summed E-state index contributed by atoms with van der Waals surface area (Å²) >= 11 is 6.24. The van der Waals surface area contributed by atoms with Crippen LogP contribution in [0, 0.1) is 0 Å². The van der Waals surface area contributed by atoms with E-state index in [1.165, 1.54) is 0 Å². The quantitative estimate of drug-likeness (QED) is 0.886. The van der Waals surface area contributed by atoms with Crippen molar-refractivity contribution in [3.8, 4) is 0 Å². The van der Waals surface area contributed by atoms with Gasteiger partial charge in [-0.05, 0) is 24.6 Å². The van der Waals surface area contributed by atoms with Crippen LogP contribution in [0.1, 0.15) is 18.4 Å². The van der Waals surface area contributed by atoms with Crippen LogP contribution < -0.4 is 4.90 Å². The molecule has 1 heterocycles. The topological polar surface area (TPSA) is 70.0 Å². The minimum atomic E-state index is -0.884. The van der Waals surface area contributed by atoms with E-state index in [2.05, 4.69) is 0 Å². The molecule has 5 nitrogen and oxygen atoms in total. The van der Waals surface area contributed by atoms with Crippen molar-refractivity contribution < 1.29 is 19.7 Å². The summed E-state index contributed by atoms with van der Waals surface area (Å²) in [7, 11) is 1.57. The van der Waals surface area contributed by atoms with Gasteiger partial charge in [-0.1, -0.05) is 17.7 Å². The molecule has 0 spiro atoms. The molecule has 1 aliphatic heterocycles. The zero-order valence-corrected chi connectivity index (χ0v) is 12.2. The number of rotatable bonds is 4. The fraction of sp³-hybridized carbons (Fsp3) is 0.500. The van der Waals surface area contributed by atoms with Gasteiger partial charge >= 0.3 is 5.97 Å². The Kier molecular flexibility index (Phi) is 4.52. The Balaban J connectivity index is 2.21. The first-order valence-electron chi connectivity index (χ1n) is 6.42. The van der Waals surface area contributed by atoms with E-state index < -0.39 is 18.0 Å². The lowest BCUT2D eigenvalue weighted by atomic mass is 10.0. The smallest absolute Gasteiger partial charge is 0.310 e. The number of β-amino-alcohol motifs (C(OH)–C–C–N with tert-alkyl or cyclic N) is 1. The Bertz CT molecular complexity index is 508. The minimum absolute atomic E-state index is 0.233. The summed E-state index contributed by atoms with van der Waals surface area (Å²) in [5.41, 5.74) is 1.45. The van der Waals surface area contributed by atoms with E-state index >= 15 is 0 Å². The molecular weight excluding hydrogens is 282 g/mol. The fourth-order valence-corrected chi connectivity index (χ4v) is 2.69. The molecule has 2 rings (SSSR count). The number of halogens is 1. The monoisotopic (exact) mass is 299 g/mol. The van der Waals surface area contributed by atoms with E-state index in [-0.39, 0.29) is 6.10 Å². The number of carboxylic acids is 1. The molecule has 0 aliphatic carbocycles. The third kappa shape index (κ3) is 2.90. The van der Waals surface area contributed by atoms with Crippen molar-refractivity contribution in [2.24, 2.45) is 0 Å². The van der Waals surface area contributed by atoms with E-state index in [1.807, 2.05) is 4.90 Å². The van der Waals surface area contributed by atoms with Gasteiger partial charge in [-0.2, -0.15) is 0 Å². The molecule has 1 fully saturated rings. The Morgan fingerprint density at radius 2 is 2.20 bits per heavy atom. The lowest BCUT2D eigenvalue weighted by Crippen LogP contribution is -2.25. The average molecular weight is 300 g/mol. The van der Waals surface area contributed by atoms with Crippen LogP contribution in [0.5, 0.6) is 0 Å². The second-order valence-electron chi connectivity index (χ2n) is 5.02. The SMILES string of the molecule is COC1CN(c2ccc(C(C)C(=O)O)cc2Cl)CC1O. The van der Waals surface area contributed by atoms with Crippen LogP contribution in [0.15, 0.2) is 18.2 Å². The first kappa shape index (κ1) is 15.1. The highest BCUT2D eigenvalue weighted by Crippen LogP contribution is 2.32. The summed E-state index contributed by atoms with van der Waals surface area (Å²) in [4.78, 5) is 12.9. The van der Waals surface area contributed by atoms with Crippen LogP contribution in [-0.4, -0.2) is 48.6 Å². The second kappa shape index (κ2) is 5.99. The van der Waals surface area contributed by atoms with Gasteiger partial charge in [0.2, 0.25) is 0 Å². The Morgan fingerprint density at radius 3 is 2.70 bits per heavy atom. The van der Waals surface area contributed by atoms with Gasteiger partial charge in [0.15, 0.2) is 0 Å². The largest absolute Gasteiger partial charge is 0.481 e. The fourth-order valence-electron chi connectivity index (χ4n) is 2.38. The van der Waals surface area contributed by atoms with Gasteiger partial charge < -0.3 is 19.8 Å². The molecule has 6 heteroatoms. The number of hydrogen-bond acceptors (Lipinski definition) is 4. The zero-order valence-electron chi connectivity index (χ0n) is 11.4. The number of aliphatic hydroxyl groups is 1. The van der Waals surface area contributed by atoms with Crippen molar-refractivity contribution in [1.29, 1.82) is 0 Å². The Labute approximate surface area is 122 Å². The minimum Gasteiger partial charge on any atom is -0.481 e. The van der Waals surface area contributed by atoms with Gasteiger partial charge in [-0.25, -0.2) is 0 Å². The van der Waals surface area contributed by atoms with Crippen molar-refractivity contribution in [3.05, 3.63) is 28.8 Å². The molecule has 3 unspecified atom stereocenters. The van der Waals surface area contributed by atoms with Crippen LogP contribution in [0.4, 0.5) is 5.69 Å². The number of aliphatic hydroxyl groups excluding tert-OH is 1.